The van der Waals surface area contributed by atoms with Crippen molar-refractivity contribution in [2.24, 2.45) is 7.05 Å². The van der Waals surface area contributed by atoms with Gasteiger partial charge in [0.25, 0.3) is 0 Å². The summed E-state index contributed by atoms with van der Waals surface area (Å²) in [6.45, 7) is 1.45. The first kappa shape index (κ1) is 19.5. The van der Waals surface area contributed by atoms with Crippen LogP contribution in [0.25, 0.3) is 0 Å². The lowest BCUT2D eigenvalue weighted by Crippen LogP contribution is -2.50. The number of hydrogen-bond acceptors (Lipinski definition) is 3. The molecule has 0 spiro atoms. The third-order valence-electron chi connectivity index (χ3n) is 5.79. The molecule has 28 heavy (non-hydrogen) atoms. The molecule has 150 valence electrons. The van der Waals surface area contributed by atoms with Crippen LogP contribution in [0, 0.1) is 16.4 Å². The first-order valence-electron chi connectivity index (χ1n) is 9.03. The Morgan fingerprint density at radius 1 is 1.39 bits per heavy atom. The zero-order valence-corrected chi connectivity index (χ0v) is 17.1. The van der Waals surface area contributed by atoms with Crippen LogP contribution >= 0.6 is 23.8 Å². The Bertz CT molecular complexity index is 1020. The predicted octanol–water partition coefficient (Wildman–Crippen LogP) is 3.23. The van der Waals surface area contributed by atoms with E-state index in [0.29, 0.717) is 31.0 Å². The van der Waals surface area contributed by atoms with E-state index >= 15 is 0 Å². The van der Waals surface area contributed by atoms with E-state index in [1.54, 1.807) is 11.9 Å². The van der Waals surface area contributed by atoms with E-state index in [1.165, 1.54) is 12.1 Å². The maximum Gasteiger partial charge on any atom is 0.228 e. The van der Waals surface area contributed by atoms with Gasteiger partial charge in [0.05, 0.1) is 30.7 Å². The van der Waals surface area contributed by atoms with Crippen LogP contribution in [-0.2, 0) is 36.0 Å². The SMILES string of the molecule is CN(C(=O)Cc1c2n(c(=S)n1C)CC(c1c(F)ccc(Cl)c1F)C2)C1COC1. The number of carbonyl (C=O) groups excluding carboxylic acids is 1. The van der Waals surface area contributed by atoms with Gasteiger partial charge in [-0.05, 0) is 30.8 Å². The van der Waals surface area contributed by atoms with E-state index in [4.69, 9.17) is 28.6 Å². The summed E-state index contributed by atoms with van der Waals surface area (Å²) in [7, 11) is 3.58. The van der Waals surface area contributed by atoms with E-state index in [1.807, 2.05) is 16.2 Å². The predicted molar refractivity (Wildman–Crippen MR) is 103 cm³/mol. The number of ether oxygens (including phenoxy) is 1. The molecule has 0 bridgehead atoms. The molecule has 2 aliphatic rings. The number of likely N-dealkylation sites (N-methyl/N-ethyl adjacent to an activating group) is 1. The molecule has 1 unspecified atom stereocenters. The minimum Gasteiger partial charge on any atom is -0.377 e. The number of carbonyl (C=O) groups is 1. The molecular formula is C19H20ClF2N3O2S. The maximum absolute atomic E-state index is 14.5. The summed E-state index contributed by atoms with van der Waals surface area (Å²) in [5, 5.41) is -0.100. The Hall–Kier alpha value is -1.77. The largest absolute Gasteiger partial charge is 0.377 e. The quantitative estimate of drug-likeness (QED) is 0.555. The molecule has 0 radical (unpaired) electrons. The van der Waals surface area contributed by atoms with E-state index in [0.717, 1.165) is 11.4 Å². The number of rotatable bonds is 4. The Labute approximate surface area is 171 Å². The van der Waals surface area contributed by atoms with Gasteiger partial charge in [-0.15, -0.1) is 0 Å². The molecule has 1 atom stereocenters. The van der Waals surface area contributed by atoms with Crippen LogP contribution in [0.1, 0.15) is 22.9 Å². The van der Waals surface area contributed by atoms with Crippen molar-refractivity contribution in [1.82, 2.24) is 14.0 Å². The first-order valence-corrected chi connectivity index (χ1v) is 9.82. The smallest absolute Gasteiger partial charge is 0.228 e. The van der Waals surface area contributed by atoms with E-state index in [-0.39, 0.29) is 29.0 Å². The molecule has 1 amide bonds. The number of aromatic nitrogens is 2. The second kappa shape index (κ2) is 7.24. The molecule has 0 saturated carbocycles. The number of halogens is 3. The van der Waals surface area contributed by atoms with Crippen LogP contribution in [0.5, 0.6) is 0 Å². The third-order valence-corrected chi connectivity index (χ3v) is 6.58. The fraction of sp³-hybridized carbons (Fsp3) is 0.474. The van der Waals surface area contributed by atoms with Crippen molar-refractivity contribution in [2.45, 2.75) is 31.3 Å². The lowest BCUT2D eigenvalue weighted by Gasteiger charge is -2.34. The molecule has 1 fully saturated rings. The number of hydrogen-bond donors (Lipinski definition) is 0. The normalized spacial score (nSPS) is 18.8. The van der Waals surface area contributed by atoms with Crippen LogP contribution < -0.4 is 0 Å². The Morgan fingerprint density at radius 2 is 2.11 bits per heavy atom. The van der Waals surface area contributed by atoms with E-state index in [9.17, 15) is 13.6 Å². The van der Waals surface area contributed by atoms with Crippen LogP contribution in [0.4, 0.5) is 8.78 Å². The lowest BCUT2D eigenvalue weighted by molar-refractivity contribution is -0.141. The van der Waals surface area contributed by atoms with Crippen LogP contribution in [0.3, 0.4) is 0 Å². The highest BCUT2D eigenvalue weighted by molar-refractivity contribution is 7.71. The maximum atomic E-state index is 14.5. The van der Waals surface area contributed by atoms with Gasteiger partial charge in [-0.3, -0.25) is 4.79 Å². The molecule has 1 aromatic carbocycles. The van der Waals surface area contributed by atoms with Gasteiger partial charge in [-0.25, -0.2) is 8.78 Å². The molecule has 1 saturated heterocycles. The van der Waals surface area contributed by atoms with Gasteiger partial charge in [0.1, 0.15) is 11.6 Å². The summed E-state index contributed by atoms with van der Waals surface area (Å²) in [6.07, 6.45) is 0.584. The van der Waals surface area contributed by atoms with Crippen molar-refractivity contribution in [2.75, 3.05) is 20.3 Å². The minimum atomic E-state index is -0.727. The molecule has 2 aliphatic heterocycles. The van der Waals surface area contributed by atoms with Crippen molar-refractivity contribution >= 4 is 29.7 Å². The summed E-state index contributed by atoms with van der Waals surface area (Å²) >= 11 is 11.4. The lowest BCUT2D eigenvalue weighted by atomic mass is 9.95. The zero-order chi connectivity index (χ0) is 20.2. The van der Waals surface area contributed by atoms with Gasteiger partial charge in [0.2, 0.25) is 5.91 Å². The molecule has 9 heteroatoms. The third kappa shape index (κ3) is 3.07. The Morgan fingerprint density at radius 3 is 2.75 bits per heavy atom. The summed E-state index contributed by atoms with van der Waals surface area (Å²) in [4.78, 5) is 14.4. The zero-order valence-electron chi connectivity index (χ0n) is 15.5. The average Bonchev–Trinajstić information content (AvgIpc) is 3.12. The van der Waals surface area contributed by atoms with E-state index < -0.39 is 17.6 Å². The van der Waals surface area contributed by atoms with Gasteiger partial charge >= 0.3 is 0 Å². The molecule has 0 aliphatic carbocycles. The summed E-state index contributed by atoms with van der Waals surface area (Å²) < 4.78 is 38.2. The summed E-state index contributed by atoms with van der Waals surface area (Å²) in [6, 6.07) is 2.50. The number of imidazole rings is 1. The highest BCUT2D eigenvalue weighted by atomic mass is 35.5. The van der Waals surface area contributed by atoms with Gasteiger partial charge in [0, 0.05) is 43.5 Å². The standard InChI is InChI=1S/C19H20ClF2N3O2S/c1-23(11-8-27-9-11)16(26)6-14-15-5-10(7-25(15)19(28)24(14)2)17-13(21)4-3-12(20)18(17)22/h3-4,10-11H,5-9H2,1-2H3. The monoisotopic (exact) mass is 427 g/mol. The summed E-state index contributed by atoms with van der Waals surface area (Å²) in [5.74, 6) is -1.79. The number of amides is 1. The van der Waals surface area contributed by atoms with Crippen molar-refractivity contribution in [3.05, 3.63) is 50.5 Å². The highest BCUT2D eigenvalue weighted by Gasteiger charge is 2.34. The molecule has 1 aromatic heterocycles. The topological polar surface area (TPSA) is 39.4 Å². The Balaban J connectivity index is 1.63. The highest BCUT2D eigenvalue weighted by Crippen LogP contribution is 2.37. The fourth-order valence-electron chi connectivity index (χ4n) is 3.95. The first-order chi connectivity index (χ1) is 13.3. The van der Waals surface area contributed by atoms with Crippen molar-refractivity contribution < 1.29 is 18.3 Å². The van der Waals surface area contributed by atoms with Gasteiger partial charge in [-0.1, -0.05) is 11.6 Å². The van der Waals surface area contributed by atoms with E-state index in [2.05, 4.69) is 0 Å². The van der Waals surface area contributed by atoms with Gasteiger partial charge < -0.3 is 18.8 Å². The van der Waals surface area contributed by atoms with Crippen LogP contribution in [0.2, 0.25) is 5.02 Å². The molecular weight excluding hydrogens is 408 g/mol. The molecule has 4 rings (SSSR count). The average molecular weight is 428 g/mol. The van der Waals surface area contributed by atoms with Crippen molar-refractivity contribution in [3.8, 4) is 0 Å². The minimum absolute atomic E-state index is 0.0192. The van der Waals surface area contributed by atoms with Gasteiger partial charge in [-0.2, -0.15) is 0 Å². The van der Waals surface area contributed by atoms with Crippen LogP contribution in [-0.4, -0.2) is 46.2 Å². The Kier molecular flexibility index (Phi) is 5.05. The van der Waals surface area contributed by atoms with Crippen LogP contribution in [0.15, 0.2) is 12.1 Å². The second-order valence-electron chi connectivity index (χ2n) is 7.38. The molecule has 0 N–H and O–H groups in total. The number of benzene rings is 1. The van der Waals surface area contributed by atoms with Gasteiger partial charge in [0.15, 0.2) is 4.77 Å². The molecule has 3 heterocycles. The molecule has 5 nitrogen and oxygen atoms in total. The summed E-state index contributed by atoms with van der Waals surface area (Å²) in [5.41, 5.74) is 1.62. The number of fused-ring (bicyclic) bond motifs is 1. The second-order valence-corrected chi connectivity index (χ2v) is 8.15. The van der Waals surface area contributed by atoms with Crippen molar-refractivity contribution in [3.63, 3.8) is 0 Å². The fourth-order valence-corrected chi connectivity index (χ4v) is 4.41. The van der Waals surface area contributed by atoms with Crippen molar-refractivity contribution in [1.29, 1.82) is 0 Å². The number of nitrogens with zero attached hydrogens (tertiary/aromatic N) is 3. The molecule has 2 aromatic rings.